The summed E-state index contributed by atoms with van der Waals surface area (Å²) in [5, 5.41) is 5.86. The molecule has 1 nitrogen and oxygen atoms in total. The molecule has 0 spiro atoms. The molecule has 0 saturated carbocycles. The zero-order valence-electron chi connectivity index (χ0n) is 10.4. The van der Waals surface area contributed by atoms with Gasteiger partial charge in [0.25, 0.3) is 0 Å². The molecule has 0 aliphatic heterocycles. The lowest BCUT2D eigenvalue weighted by Crippen LogP contribution is -2.22. The van der Waals surface area contributed by atoms with Gasteiger partial charge in [0.15, 0.2) is 0 Å². The Bertz CT molecular complexity index is 558. The number of halogens is 3. The van der Waals surface area contributed by atoms with Crippen molar-refractivity contribution >= 4 is 38.9 Å². The van der Waals surface area contributed by atoms with Crippen molar-refractivity contribution in [1.29, 1.82) is 0 Å². The molecule has 19 heavy (non-hydrogen) atoms. The van der Waals surface area contributed by atoms with Crippen LogP contribution in [-0.2, 0) is 6.42 Å². The summed E-state index contributed by atoms with van der Waals surface area (Å²) in [4.78, 5) is 1.19. The van der Waals surface area contributed by atoms with Gasteiger partial charge in [-0.25, -0.2) is 4.39 Å². The van der Waals surface area contributed by atoms with E-state index in [2.05, 4.69) is 21.2 Å². The van der Waals surface area contributed by atoms with Crippen LogP contribution in [0.1, 0.15) is 23.4 Å². The summed E-state index contributed by atoms with van der Waals surface area (Å²) < 4.78 is 14.9. The molecule has 2 rings (SSSR count). The molecule has 1 aromatic heterocycles. The van der Waals surface area contributed by atoms with Crippen molar-refractivity contribution < 1.29 is 4.39 Å². The van der Waals surface area contributed by atoms with E-state index in [1.54, 1.807) is 23.5 Å². The van der Waals surface area contributed by atoms with Crippen LogP contribution in [0.25, 0.3) is 0 Å². The van der Waals surface area contributed by atoms with E-state index in [0.29, 0.717) is 17.0 Å². The molecule has 1 unspecified atom stereocenters. The zero-order valence-corrected chi connectivity index (χ0v) is 13.6. The third-order valence-electron chi connectivity index (χ3n) is 2.85. The average Bonchev–Trinajstić information content (AvgIpc) is 2.78. The van der Waals surface area contributed by atoms with E-state index in [1.807, 2.05) is 18.4 Å². The van der Waals surface area contributed by atoms with E-state index in [4.69, 9.17) is 11.6 Å². The molecule has 2 aromatic rings. The second-order valence-corrected chi connectivity index (χ2v) is 6.42. The molecule has 1 heterocycles. The number of hydrogen-bond acceptors (Lipinski definition) is 2. The van der Waals surface area contributed by atoms with Crippen LogP contribution in [0.2, 0.25) is 5.02 Å². The Hall–Kier alpha value is -0.420. The predicted octanol–water partition coefficient (Wildman–Crippen LogP) is 5.20. The highest BCUT2D eigenvalue weighted by Gasteiger charge is 2.17. The summed E-state index contributed by atoms with van der Waals surface area (Å²) >= 11 is 11.0. The lowest BCUT2D eigenvalue weighted by atomic mass is 10.0. The summed E-state index contributed by atoms with van der Waals surface area (Å²) in [6, 6.07) is 6.97. The number of nitrogens with one attached hydrogen (secondary N) is 1. The Morgan fingerprint density at radius 2 is 2.21 bits per heavy atom. The van der Waals surface area contributed by atoms with Crippen LogP contribution < -0.4 is 5.32 Å². The topological polar surface area (TPSA) is 12.0 Å². The number of hydrogen-bond donors (Lipinski definition) is 1. The van der Waals surface area contributed by atoms with E-state index >= 15 is 0 Å². The highest BCUT2D eigenvalue weighted by molar-refractivity contribution is 9.10. The van der Waals surface area contributed by atoms with Crippen LogP contribution in [0.4, 0.5) is 4.39 Å². The summed E-state index contributed by atoms with van der Waals surface area (Å²) in [6.07, 6.45) is 0.607. The van der Waals surface area contributed by atoms with Crippen LogP contribution >= 0.6 is 38.9 Å². The highest BCUT2D eigenvalue weighted by Crippen LogP contribution is 2.31. The van der Waals surface area contributed by atoms with Gasteiger partial charge in [-0.05, 0) is 58.0 Å². The minimum atomic E-state index is -0.247. The predicted molar refractivity (Wildman–Crippen MR) is 83.6 cm³/mol. The third kappa shape index (κ3) is 3.78. The van der Waals surface area contributed by atoms with Gasteiger partial charge < -0.3 is 5.32 Å². The van der Waals surface area contributed by atoms with E-state index < -0.39 is 0 Å². The fraction of sp³-hybridized carbons (Fsp3) is 0.286. The first-order chi connectivity index (χ1) is 9.11. The quantitative estimate of drug-likeness (QED) is 0.771. The van der Waals surface area contributed by atoms with E-state index in [1.165, 1.54) is 10.9 Å². The lowest BCUT2D eigenvalue weighted by Gasteiger charge is -2.18. The Kier molecular flexibility index (Phi) is 5.39. The second-order valence-electron chi connectivity index (χ2n) is 4.18. The molecule has 1 atom stereocenters. The first kappa shape index (κ1) is 15.0. The molecule has 1 aromatic carbocycles. The molecule has 0 saturated heterocycles. The van der Waals surface area contributed by atoms with Gasteiger partial charge in [-0.15, -0.1) is 11.3 Å². The zero-order chi connectivity index (χ0) is 13.8. The number of thiophene rings is 1. The average molecular weight is 363 g/mol. The maximum atomic E-state index is 13.9. The van der Waals surface area contributed by atoms with Crippen LogP contribution in [-0.4, -0.2) is 6.54 Å². The molecule has 0 aliphatic rings. The van der Waals surface area contributed by atoms with Crippen molar-refractivity contribution in [2.24, 2.45) is 0 Å². The number of benzene rings is 1. The van der Waals surface area contributed by atoms with Crippen molar-refractivity contribution in [2.45, 2.75) is 19.4 Å². The van der Waals surface area contributed by atoms with Crippen molar-refractivity contribution in [3.05, 3.63) is 55.4 Å². The van der Waals surface area contributed by atoms with Gasteiger partial charge in [-0.1, -0.05) is 24.6 Å². The van der Waals surface area contributed by atoms with Crippen molar-refractivity contribution in [2.75, 3.05) is 6.54 Å². The van der Waals surface area contributed by atoms with Crippen molar-refractivity contribution in [1.82, 2.24) is 5.32 Å². The van der Waals surface area contributed by atoms with Gasteiger partial charge in [0.1, 0.15) is 5.82 Å². The molecule has 5 heteroatoms. The lowest BCUT2D eigenvalue weighted by molar-refractivity contribution is 0.533. The SMILES string of the molecule is CCNC(Cc1ccc(Cl)cc1F)c1sccc1Br. The number of likely N-dealkylation sites (N-methyl/N-ethyl adjacent to an activating group) is 1. The van der Waals surface area contributed by atoms with E-state index in [0.717, 1.165) is 11.0 Å². The molecule has 102 valence electrons. The smallest absolute Gasteiger partial charge is 0.127 e. The summed E-state index contributed by atoms with van der Waals surface area (Å²) in [5.41, 5.74) is 0.677. The molecular formula is C14H14BrClFNS. The molecule has 0 aliphatic carbocycles. The molecule has 0 fully saturated rings. The Labute approximate surface area is 129 Å². The van der Waals surface area contributed by atoms with Gasteiger partial charge in [0.05, 0.1) is 0 Å². The summed E-state index contributed by atoms with van der Waals surface area (Å²) in [7, 11) is 0. The molecule has 1 N–H and O–H groups in total. The summed E-state index contributed by atoms with van der Waals surface area (Å²) in [6.45, 7) is 2.89. The fourth-order valence-electron chi connectivity index (χ4n) is 1.97. The van der Waals surface area contributed by atoms with Gasteiger partial charge in [0.2, 0.25) is 0 Å². The largest absolute Gasteiger partial charge is 0.309 e. The maximum absolute atomic E-state index is 13.9. The molecule has 0 amide bonds. The Morgan fingerprint density at radius 1 is 1.42 bits per heavy atom. The monoisotopic (exact) mass is 361 g/mol. The third-order valence-corrected chi connectivity index (χ3v) is 5.07. The fourth-order valence-corrected chi connectivity index (χ4v) is 3.85. The van der Waals surface area contributed by atoms with Gasteiger partial charge in [0, 0.05) is 20.4 Å². The maximum Gasteiger partial charge on any atom is 0.127 e. The standard InChI is InChI=1S/C14H14BrClFNS/c1-2-18-13(14-11(15)5-6-19-14)7-9-3-4-10(16)8-12(9)17/h3-6,8,13,18H,2,7H2,1H3. The van der Waals surface area contributed by atoms with Crippen molar-refractivity contribution in [3.63, 3.8) is 0 Å². The van der Waals surface area contributed by atoms with Gasteiger partial charge in [-0.2, -0.15) is 0 Å². The van der Waals surface area contributed by atoms with Crippen LogP contribution in [0.15, 0.2) is 34.1 Å². The molecule has 0 radical (unpaired) electrons. The highest BCUT2D eigenvalue weighted by atomic mass is 79.9. The van der Waals surface area contributed by atoms with Crippen LogP contribution in [0.3, 0.4) is 0 Å². The van der Waals surface area contributed by atoms with Gasteiger partial charge in [-0.3, -0.25) is 0 Å². The van der Waals surface area contributed by atoms with Crippen LogP contribution in [0, 0.1) is 5.82 Å². The minimum absolute atomic E-state index is 0.107. The van der Waals surface area contributed by atoms with E-state index in [-0.39, 0.29) is 11.9 Å². The second kappa shape index (κ2) is 6.84. The van der Waals surface area contributed by atoms with E-state index in [9.17, 15) is 4.39 Å². The Morgan fingerprint density at radius 3 is 2.79 bits per heavy atom. The first-order valence-corrected chi connectivity index (χ1v) is 8.07. The number of rotatable bonds is 5. The first-order valence-electron chi connectivity index (χ1n) is 6.02. The van der Waals surface area contributed by atoms with Gasteiger partial charge >= 0.3 is 0 Å². The minimum Gasteiger partial charge on any atom is -0.309 e. The Balaban J connectivity index is 2.24. The molecule has 0 bridgehead atoms. The van der Waals surface area contributed by atoms with Crippen LogP contribution in [0.5, 0.6) is 0 Å². The molecular weight excluding hydrogens is 349 g/mol. The summed E-state index contributed by atoms with van der Waals surface area (Å²) in [5.74, 6) is -0.247. The normalized spacial score (nSPS) is 12.6. The van der Waals surface area contributed by atoms with Crippen molar-refractivity contribution in [3.8, 4) is 0 Å².